The van der Waals surface area contributed by atoms with Gasteiger partial charge in [-0.05, 0) is 33.2 Å². The van der Waals surface area contributed by atoms with Gasteiger partial charge in [0, 0.05) is 18.5 Å². The molecule has 1 aliphatic rings. The predicted octanol–water partition coefficient (Wildman–Crippen LogP) is 2.04. The highest BCUT2D eigenvalue weighted by molar-refractivity contribution is 4.95. The van der Waals surface area contributed by atoms with Crippen molar-refractivity contribution in [2.45, 2.75) is 45.8 Å². The minimum absolute atomic E-state index is 0.135. The molecule has 0 aromatic carbocycles. The Balaban J connectivity index is 2.55. The zero-order valence-electron chi connectivity index (χ0n) is 9.66. The number of aliphatic hydroxyl groups is 1. The van der Waals surface area contributed by atoms with E-state index in [0.29, 0.717) is 12.0 Å². The maximum Gasteiger partial charge on any atom is 0.0598 e. The number of nitrogens with zero attached hydrogens (tertiary/aromatic N) is 1. The lowest BCUT2D eigenvalue weighted by atomic mass is 9.86. The van der Waals surface area contributed by atoms with Crippen LogP contribution in [0, 0.1) is 5.92 Å². The Bertz CT molecular complexity index is 202. The molecule has 3 unspecified atom stereocenters. The summed E-state index contributed by atoms with van der Waals surface area (Å²) in [5.41, 5.74) is 1.18. The molecule has 1 aliphatic heterocycles. The van der Waals surface area contributed by atoms with Gasteiger partial charge in [0.2, 0.25) is 0 Å². The van der Waals surface area contributed by atoms with Crippen LogP contribution in [0.3, 0.4) is 0 Å². The summed E-state index contributed by atoms with van der Waals surface area (Å²) >= 11 is 0. The van der Waals surface area contributed by atoms with E-state index in [9.17, 15) is 5.11 Å². The SMILES string of the molecule is C=C(C)CC1CN(CC)C(C)CC1O. The molecule has 82 valence electrons. The summed E-state index contributed by atoms with van der Waals surface area (Å²) in [5.74, 6) is 0.392. The minimum atomic E-state index is -0.135. The summed E-state index contributed by atoms with van der Waals surface area (Å²) in [7, 11) is 0. The van der Waals surface area contributed by atoms with Gasteiger partial charge in [-0.1, -0.05) is 12.5 Å². The minimum Gasteiger partial charge on any atom is -0.393 e. The van der Waals surface area contributed by atoms with Crippen LogP contribution in [0.5, 0.6) is 0 Å². The largest absolute Gasteiger partial charge is 0.393 e. The molecule has 2 nitrogen and oxygen atoms in total. The highest BCUT2D eigenvalue weighted by Crippen LogP contribution is 2.26. The van der Waals surface area contributed by atoms with Gasteiger partial charge in [0.25, 0.3) is 0 Å². The number of rotatable bonds is 3. The van der Waals surface area contributed by atoms with E-state index in [0.717, 1.165) is 25.9 Å². The summed E-state index contributed by atoms with van der Waals surface area (Å²) < 4.78 is 0. The molecular formula is C12H23NO. The van der Waals surface area contributed by atoms with E-state index in [1.165, 1.54) is 5.57 Å². The molecule has 0 bridgehead atoms. The maximum atomic E-state index is 9.93. The van der Waals surface area contributed by atoms with Gasteiger partial charge in [0.05, 0.1) is 6.10 Å². The van der Waals surface area contributed by atoms with Crippen LogP contribution < -0.4 is 0 Å². The fourth-order valence-electron chi connectivity index (χ4n) is 2.38. The predicted molar refractivity (Wildman–Crippen MR) is 60.3 cm³/mol. The van der Waals surface area contributed by atoms with E-state index in [2.05, 4.69) is 25.3 Å². The number of piperidine rings is 1. The fourth-order valence-corrected chi connectivity index (χ4v) is 2.38. The van der Waals surface area contributed by atoms with Gasteiger partial charge in [-0.25, -0.2) is 0 Å². The molecule has 14 heavy (non-hydrogen) atoms. The zero-order chi connectivity index (χ0) is 10.7. The standard InChI is InChI=1S/C12H23NO/c1-5-13-8-11(6-9(2)3)12(14)7-10(13)4/h10-12,14H,2,5-8H2,1,3-4H3. The molecule has 3 atom stereocenters. The van der Waals surface area contributed by atoms with E-state index in [1.807, 2.05) is 6.92 Å². The van der Waals surface area contributed by atoms with E-state index < -0.39 is 0 Å². The van der Waals surface area contributed by atoms with Crippen LogP contribution in [0.25, 0.3) is 0 Å². The highest BCUT2D eigenvalue weighted by atomic mass is 16.3. The first-order chi connectivity index (χ1) is 6.54. The second-order valence-corrected chi connectivity index (χ2v) is 4.66. The molecule has 1 fully saturated rings. The van der Waals surface area contributed by atoms with Crippen molar-refractivity contribution in [3.8, 4) is 0 Å². The van der Waals surface area contributed by atoms with Crippen molar-refractivity contribution >= 4 is 0 Å². The van der Waals surface area contributed by atoms with E-state index in [1.54, 1.807) is 0 Å². The number of allylic oxidation sites excluding steroid dienone is 1. The van der Waals surface area contributed by atoms with Crippen molar-refractivity contribution < 1.29 is 5.11 Å². The van der Waals surface area contributed by atoms with Crippen LogP contribution in [0.15, 0.2) is 12.2 Å². The summed E-state index contributed by atoms with van der Waals surface area (Å²) in [5, 5.41) is 9.93. The first-order valence-electron chi connectivity index (χ1n) is 5.61. The van der Waals surface area contributed by atoms with Gasteiger partial charge in [0.1, 0.15) is 0 Å². The molecule has 1 N–H and O–H groups in total. The first kappa shape index (κ1) is 11.7. The first-order valence-corrected chi connectivity index (χ1v) is 5.61. The third kappa shape index (κ3) is 2.82. The Morgan fingerprint density at radius 1 is 1.57 bits per heavy atom. The van der Waals surface area contributed by atoms with Crippen LogP contribution in [-0.2, 0) is 0 Å². The molecule has 0 amide bonds. The van der Waals surface area contributed by atoms with Crippen LogP contribution in [-0.4, -0.2) is 35.2 Å². The van der Waals surface area contributed by atoms with Crippen LogP contribution in [0.2, 0.25) is 0 Å². The third-order valence-electron chi connectivity index (χ3n) is 3.24. The van der Waals surface area contributed by atoms with E-state index in [-0.39, 0.29) is 6.10 Å². The number of likely N-dealkylation sites (tertiary alicyclic amines) is 1. The molecular weight excluding hydrogens is 174 g/mol. The summed E-state index contributed by atoms with van der Waals surface area (Å²) in [4.78, 5) is 2.44. The Hall–Kier alpha value is -0.340. The van der Waals surface area contributed by atoms with Gasteiger partial charge < -0.3 is 10.0 Å². The summed E-state index contributed by atoms with van der Waals surface area (Å²) in [6.45, 7) is 12.5. The molecule has 0 aromatic heterocycles. The fraction of sp³-hybridized carbons (Fsp3) is 0.833. The lowest BCUT2D eigenvalue weighted by Crippen LogP contribution is -2.48. The van der Waals surface area contributed by atoms with Crippen molar-refractivity contribution in [1.29, 1.82) is 0 Å². The molecule has 0 radical (unpaired) electrons. The maximum absolute atomic E-state index is 9.93. The highest BCUT2D eigenvalue weighted by Gasteiger charge is 2.31. The Kier molecular flexibility index (Phi) is 4.14. The van der Waals surface area contributed by atoms with Gasteiger partial charge >= 0.3 is 0 Å². The van der Waals surface area contributed by atoms with Crippen LogP contribution in [0.4, 0.5) is 0 Å². The summed E-state index contributed by atoms with van der Waals surface area (Å²) in [6, 6.07) is 0.524. The molecule has 2 heteroatoms. The van der Waals surface area contributed by atoms with Crippen molar-refractivity contribution in [2.24, 2.45) is 5.92 Å². The van der Waals surface area contributed by atoms with Crippen molar-refractivity contribution in [3.05, 3.63) is 12.2 Å². The van der Waals surface area contributed by atoms with E-state index >= 15 is 0 Å². The molecule has 1 rings (SSSR count). The normalized spacial score (nSPS) is 34.4. The average molecular weight is 197 g/mol. The number of hydrogen-bond acceptors (Lipinski definition) is 2. The Morgan fingerprint density at radius 2 is 2.21 bits per heavy atom. The van der Waals surface area contributed by atoms with Crippen molar-refractivity contribution in [1.82, 2.24) is 4.90 Å². The third-order valence-corrected chi connectivity index (χ3v) is 3.24. The second-order valence-electron chi connectivity index (χ2n) is 4.66. The Morgan fingerprint density at radius 3 is 2.71 bits per heavy atom. The van der Waals surface area contributed by atoms with Gasteiger partial charge in [0.15, 0.2) is 0 Å². The molecule has 0 aliphatic carbocycles. The average Bonchev–Trinajstić information content (AvgIpc) is 2.09. The molecule has 1 heterocycles. The second kappa shape index (κ2) is 4.94. The summed E-state index contributed by atoms with van der Waals surface area (Å²) in [6.07, 6.45) is 1.74. The van der Waals surface area contributed by atoms with Crippen molar-refractivity contribution in [2.75, 3.05) is 13.1 Å². The van der Waals surface area contributed by atoms with Gasteiger partial charge in [-0.2, -0.15) is 0 Å². The molecule has 1 saturated heterocycles. The quantitative estimate of drug-likeness (QED) is 0.700. The molecule has 0 saturated carbocycles. The monoisotopic (exact) mass is 197 g/mol. The smallest absolute Gasteiger partial charge is 0.0598 e. The van der Waals surface area contributed by atoms with E-state index in [4.69, 9.17) is 0 Å². The topological polar surface area (TPSA) is 23.5 Å². The van der Waals surface area contributed by atoms with Crippen LogP contribution in [0.1, 0.15) is 33.6 Å². The number of aliphatic hydroxyl groups excluding tert-OH is 1. The van der Waals surface area contributed by atoms with Gasteiger partial charge in [-0.15, -0.1) is 6.58 Å². The van der Waals surface area contributed by atoms with Gasteiger partial charge in [-0.3, -0.25) is 0 Å². The molecule has 0 aromatic rings. The van der Waals surface area contributed by atoms with Crippen molar-refractivity contribution in [3.63, 3.8) is 0 Å². The lowest BCUT2D eigenvalue weighted by molar-refractivity contribution is 0.000946. The zero-order valence-corrected chi connectivity index (χ0v) is 9.66. The lowest BCUT2D eigenvalue weighted by Gasteiger charge is -2.40. The van der Waals surface area contributed by atoms with Crippen LogP contribution >= 0.6 is 0 Å². The Labute approximate surface area is 87.6 Å². The molecule has 0 spiro atoms. The number of hydrogen-bond donors (Lipinski definition) is 1.